The first kappa shape index (κ1) is 19.2. The lowest BCUT2D eigenvalue weighted by molar-refractivity contribution is -0.126. The first-order chi connectivity index (χ1) is 12.7. The van der Waals surface area contributed by atoms with Crippen LogP contribution in [0.25, 0.3) is 10.2 Å². The van der Waals surface area contributed by atoms with Gasteiger partial charge in [-0.3, -0.25) is 4.79 Å². The van der Waals surface area contributed by atoms with Crippen molar-refractivity contribution >= 4 is 56.4 Å². The van der Waals surface area contributed by atoms with Gasteiger partial charge in [0.15, 0.2) is 0 Å². The van der Waals surface area contributed by atoms with Gasteiger partial charge in [0.1, 0.15) is 27.4 Å². The number of benzene rings is 1. The molecule has 0 spiro atoms. The lowest BCUT2D eigenvalue weighted by Crippen LogP contribution is -2.46. The summed E-state index contributed by atoms with van der Waals surface area (Å²) in [5.41, 5.74) is 2.22. The van der Waals surface area contributed by atoms with Gasteiger partial charge in [0, 0.05) is 13.0 Å². The standard InChI is InChI=1S/C18H19N3O4S2/c1-18(2,3)25-17(24)21-8-7-11(22)13(16(21)23)15(26)20-10-5-4-6-12-14(10)19-9-27-12/h4-6,9,22H,7-8H2,1-3H3,(H,20,26). The van der Waals surface area contributed by atoms with Gasteiger partial charge in [-0.05, 0) is 32.9 Å². The minimum Gasteiger partial charge on any atom is -0.511 e. The van der Waals surface area contributed by atoms with Crippen LogP contribution < -0.4 is 5.32 Å². The van der Waals surface area contributed by atoms with Crippen LogP contribution in [0.15, 0.2) is 35.0 Å². The van der Waals surface area contributed by atoms with E-state index < -0.39 is 17.6 Å². The SMILES string of the molecule is CC(C)(C)OC(=O)N1CCC(O)=C(C(=S)Nc2cccc3scnc23)C1=O. The Kier molecular flexibility index (Phi) is 5.16. The van der Waals surface area contributed by atoms with E-state index in [9.17, 15) is 14.7 Å². The zero-order valence-electron chi connectivity index (χ0n) is 15.1. The summed E-state index contributed by atoms with van der Waals surface area (Å²) in [5.74, 6) is -0.835. The smallest absolute Gasteiger partial charge is 0.417 e. The van der Waals surface area contributed by atoms with Crippen molar-refractivity contribution in [1.82, 2.24) is 9.88 Å². The molecule has 142 valence electrons. The molecule has 0 bridgehead atoms. The van der Waals surface area contributed by atoms with Gasteiger partial charge in [0.25, 0.3) is 5.91 Å². The number of hydrogen-bond acceptors (Lipinski definition) is 7. The van der Waals surface area contributed by atoms with Gasteiger partial charge in [-0.15, -0.1) is 11.3 Å². The molecule has 1 aliphatic heterocycles. The first-order valence-corrected chi connectivity index (χ1v) is 9.56. The second-order valence-corrected chi connectivity index (χ2v) is 8.26. The fourth-order valence-electron chi connectivity index (χ4n) is 2.59. The number of aliphatic hydroxyl groups excluding tert-OH is 1. The number of para-hydroxylation sites is 1. The highest BCUT2D eigenvalue weighted by atomic mass is 32.1. The highest BCUT2D eigenvalue weighted by molar-refractivity contribution is 7.81. The minimum absolute atomic E-state index is 0.0336. The quantitative estimate of drug-likeness (QED) is 0.729. The number of carbonyl (C=O) groups is 2. The van der Waals surface area contributed by atoms with E-state index in [1.807, 2.05) is 12.1 Å². The van der Waals surface area contributed by atoms with Crippen molar-refractivity contribution in [2.75, 3.05) is 11.9 Å². The van der Waals surface area contributed by atoms with E-state index in [1.165, 1.54) is 11.3 Å². The molecule has 1 aliphatic rings. The number of imide groups is 1. The summed E-state index contributed by atoms with van der Waals surface area (Å²) in [5, 5.41) is 13.2. The molecule has 2 heterocycles. The first-order valence-electron chi connectivity index (χ1n) is 8.28. The molecule has 0 atom stereocenters. The normalized spacial score (nSPS) is 15.2. The van der Waals surface area contributed by atoms with Crippen LogP contribution in [-0.4, -0.2) is 44.1 Å². The molecule has 9 heteroatoms. The van der Waals surface area contributed by atoms with Gasteiger partial charge in [0.2, 0.25) is 0 Å². The van der Waals surface area contributed by atoms with Crippen molar-refractivity contribution < 1.29 is 19.4 Å². The van der Waals surface area contributed by atoms with Crippen molar-refractivity contribution in [3.05, 3.63) is 35.0 Å². The molecule has 2 amide bonds. The number of ether oxygens (including phenoxy) is 1. The van der Waals surface area contributed by atoms with E-state index in [2.05, 4.69) is 10.3 Å². The van der Waals surface area contributed by atoms with E-state index in [1.54, 1.807) is 32.3 Å². The minimum atomic E-state index is -0.762. The molecule has 2 N–H and O–H groups in total. The zero-order chi connectivity index (χ0) is 19.8. The number of anilines is 1. The molecular weight excluding hydrogens is 386 g/mol. The topological polar surface area (TPSA) is 91.8 Å². The van der Waals surface area contributed by atoms with Gasteiger partial charge in [0.05, 0.1) is 15.9 Å². The van der Waals surface area contributed by atoms with Gasteiger partial charge < -0.3 is 15.2 Å². The molecule has 7 nitrogen and oxygen atoms in total. The second-order valence-electron chi connectivity index (χ2n) is 6.97. The van der Waals surface area contributed by atoms with E-state index in [4.69, 9.17) is 17.0 Å². The fraction of sp³-hybridized carbons (Fsp3) is 0.333. The predicted molar refractivity (Wildman–Crippen MR) is 108 cm³/mol. The third-order valence-corrected chi connectivity index (χ3v) is 4.87. The van der Waals surface area contributed by atoms with Gasteiger partial charge >= 0.3 is 6.09 Å². The van der Waals surface area contributed by atoms with Crippen molar-refractivity contribution in [2.45, 2.75) is 32.8 Å². The maximum Gasteiger partial charge on any atom is 0.417 e. The average Bonchev–Trinajstić information content (AvgIpc) is 3.02. The van der Waals surface area contributed by atoms with Crippen LogP contribution in [0.3, 0.4) is 0 Å². The monoisotopic (exact) mass is 405 g/mol. The molecule has 0 unspecified atom stereocenters. The third kappa shape index (κ3) is 4.09. The second kappa shape index (κ2) is 7.24. The van der Waals surface area contributed by atoms with Crippen molar-refractivity contribution in [3.8, 4) is 0 Å². The number of carbonyl (C=O) groups excluding carboxylic acids is 2. The number of aliphatic hydroxyl groups is 1. The number of nitrogens with one attached hydrogen (secondary N) is 1. The summed E-state index contributed by atoms with van der Waals surface area (Å²) in [6.07, 6.45) is -0.648. The number of rotatable bonds is 2. The highest BCUT2D eigenvalue weighted by Crippen LogP contribution is 2.27. The number of nitrogens with zero attached hydrogens (tertiary/aromatic N) is 2. The van der Waals surface area contributed by atoms with E-state index >= 15 is 0 Å². The lowest BCUT2D eigenvalue weighted by atomic mass is 10.1. The Bertz CT molecular complexity index is 959. The summed E-state index contributed by atoms with van der Waals surface area (Å²) >= 11 is 6.83. The Hall–Kier alpha value is -2.52. The van der Waals surface area contributed by atoms with Gasteiger partial charge in [-0.1, -0.05) is 18.3 Å². The van der Waals surface area contributed by atoms with E-state index in [0.717, 1.165) is 15.1 Å². The highest BCUT2D eigenvalue weighted by Gasteiger charge is 2.36. The number of aromatic nitrogens is 1. The third-order valence-electron chi connectivity index (χ3n) is 3.77. The molecular formula is C18H19N3O4S2. The van der Waals surface area contributed by atoms with Crippen LogP contribution in [0.5, 0.6) is 0 Å². The number of hydrogen-bond donors (Lipinski definition) is 2. The molecule has 0 saturated heterocycles. The molecule has 1 aromatic heterocycles. The average molecular weight is 406 g/mol. The largest absolute Gasteiger partial charge is 0.511 e. The Morgan fingerprint density at radius 1 is 1.41 bits per heavy atom. The summed E-state index contributed by atoms with van der Waals surface area (Å²) in [6, 6.07) is 5.55. The lowest BCUT2D eigenvalue weighted by Gasteiger charge is -2.29. The van der Waals surface area contributed by atoms with Gasteiger partial charge in [-0.2, -0.15) is 0 Å². The van der Waals surface area contributed by atoms with Crippen LogP contribution in [0.2, 0.25) is 0 Å². The van der Waals surface area contributed by atoms with E-state index in [-0.39, 0.29) is 29.3 Å². The number of fused-ring (bicyclic) bond motifs is 1. The van der Waals surface area contributed by atoms with Crippen LogP contribution in [0, 0.1) is 0 Å². The fourth-order valence-corrected chi connectivity index (χ4v) is 3.61. The summed E-state index contributed by atoms with van der Waals surface area (Å²) in [6.45, 7) is 5.18. The van der Waals surface area contributed by atoms with Crippen LogP contribution in [-0.2, 0) is 9.53 Å². The van der Waals surface area contributed by atoms with Crippen molar-refractivity contribution in [1.29, 1.82) is 0 Å². The maximum absolute atomic E-state index is 12.8. The molecule has 0 fully saturated rings. The predicted octanol–water partition coefficient (Wildman–Crippen LogP) is 4.02. The Morgan fingerprint density at radius 2 is 2.15 bits per heavy atom. The molecule has 0 aliphatic carbocycles. The molecule has 3 rings (SSSR count). The number of thiazole rings is 1. The maximum atomic E-state index is 12.8. The van der Waals surface area contributed by atoms with Crippen LogP contribution in [0.4, 0.5) is 10.5 Å². The van der Waals surface area contributed by atoms with Gasteiger partial charge in [-0.25, -0.2) is 14.7 Å². The molecule has 1 aromatic carbocycles. The Labute approximate surface area is 165 Å². The molecule has 0 saturated carbocycles. The summed E-state index contributed by atoms with van der Waals surface area (Å²) < 4.78 is 6.23. The van der Waals surface area contributed by atoms with E-state index in [0.29, 0.717) is 5.69 Å². The number of amides is 2. The Morgan fingerprint density at radius 3 is 2.85 bits per heavy atom. The summed E-state index contributed by atoms with van der Waals surface area (Å²) in [4.78, 5) is 30.4. The van der Waals surface area contributed by atoms with Crippen molar-refractivity contribution in [3.63, 3.8) is 0 Å². The molecule has 2 aromatic rings. The zero-order valence-corrected chi connectivity index (χ0v) is 16.7. The van der Waals surface area contributed by atoms with Crippen LogP contribution in [0.1, 0.15) is 27.2 Å². The van der Waals surface area contributed by atoms with Crippen LogP contribution >= 0.6 is 23.6 Å². The summed E-state index contributed by atoms with van der Waals surface area (Å²) in [7, 11) is 0. The number of thiocarbonyl (C=S) groups is 1. The van der Waals surface area contributed by atoms with Crippen molar-refractivity contribution in [2.24, 2.45) is 0 Å². The Balaban J connectivity index is 1.84. The molecule has 27 heavy (non-hydrogen) atoms. The molecule has 0 radical (unpaired) electrons.